The third-order valence-corrected chi connectivity index (χ3v) is 4.42. The molecule has 0 fully saturated rings. The molecule has 6 nitrogen and oxygen atoms in total. The molecule has 0 aliphatic heterocycles. The lowest BCUT2D eigenvalue weighted by molar-refractivity contribution is -0.139. The van der Waals surface area contributed by atoms with Crippen LogP contribution in [-0.4, -0.2) is 29.0 Å². The van der Waals surface area contributed by atoms with Gasteiger partial charge in [0.15, 0.2) is 0 Å². The Morgan fingerprint density at radius 3 is 2.32 bits per heavy atom. The molecule has 25 heavy (non-hydrogen) atoms. The van der Waals surface area contributed by atoms with Crippen molar-refractivity contribution < 1.29 is 24.2 Å². The SMILES string of the molecule is CC(=O)Oc1ccc(C(=O)N[C@H](Cc2ccccc2I)C(=O)O)cc1. The van der Waals surface area contributed by atoms with Crippen LogP contribution in [0.2, 0.25) is 0 Å². The molecule has 130 valence electrons. The molecule has 7 heteroatoms. The molecule has 2 N–H and O–H groups in total. The van der Waals surface area contributed by atoms with Crippen molar-refractivity contribution >= 4 is 40.4 Å². The van der Waals surface area contributed by atoms with Gasteiger partial charge in [-0.15, -0.1) is 0 Å². The van der Waals surface area contributed by atoms with E-state index < -0.39 is 23.9 Å². The van der Waals surface area contributed by atoms with Gasteiger partial charge in [-0.1, -0.05) is 18.2 Å². The highest BCUT2D eigenvalue weighted by Crippen LogP contribution is 2.15. The summed E-state index contributed by atoms with van der Waals surface area (Å²) in [6, 6.07) is 12.3. The maximum atomic E-state index is 12.3. The maximum absolute atomic E-state index is 12.3. The smallest absolute Gasteiger partial charge is 0.326 e. The molecular formula is C18H16INO5. The Labute approximate surface area is 158 Å². The maximum Gasteiger partial charge on any atom is 0.326 e. The summed E-state index contributed by atoms with van der Waals surface area (Å²) in [5.74, 6) is -1.75. The Morgan fingerprint density at radius 1 is 1.12 bits per heavy atom. The third kappa shape index (κ3) is 5.56. The van der Waals surface area contributed by atoms with E-state index in [1.54, 1.807) is 0 Å². The molecule has 0 aliphatic carbocycles. The molecular weight excluding hydrogens is 437 g/mol. The summed E-state index contributed by atoms with van der Waals surface area (Å²) >= 11 is 2.13. The molecule has 1 amide bonds. The number of benzene rings is 2. The summed E-state index contributed by atoms with van der Waals surface area (Å²) < 4.78 is 5.83. The van der Waals surface area contributed by atoms with Crippen molar-refractivity contribution in [2.45, 2.75) is 19.4 Å². The van der Waals surface area contributed by atoms with E-state index in [-0.39, 0.29) is 12.0 Å². The van der Waals surface area contributed by atoms with Gasteiger partial charge in [-0.25, -0.2) is 4.79 Å². The van der Waals surface area contributed by atoms with Crippen LogP contribution in [0, 0.1) is 3.57 Å². The van der Waals surface area contributed by atoms with Gasteiger partial charge >= 0.3 is 11.9 Å². The molecule has 0 unspecified atom stereocenters. The van der Waals surface area contributed by atoms with Crippen molar-refractivity contribution in [1.29, 1.82) is 0 Å². The summed E-state index contributed by atoms with van der Waals surface area (Å²) in [5.41, 5.74) is 1.13. The molecule has 0 saturated carbocycles. The van der Waals surface area contributed by atoms with Crippen molar-refractivity contribution in [2.75, 3.05) is 0 Å². The van der Waals surface area contributed by atoms with Crippen LogP contribution in [0.5, 0.6) is 5.75 Å². The van der Waals surface area contributed by atoms with Crippen molar-refractivity contribution in [3.63, 3.8) is 0 Å². The van der Waals surface area contributed by atoms with Crippen molar-refractivity contribution in [3.8, 4) is 5.75 Å². The molecule has 2 aromatic carbocycles. The van der Waals surface area contributed by atoms with E-state index in [1.807, 2.05) is 24.3 Å². The number of halogens is 1. The number of carbonyl (C=O) groups excluding carboxylic acids is 2. The van der Waals surface area contributed by atoms with Crippen molar-refractivity contribution in [2.24, 2.45) is 0 Å². The third-order valence-electron chi connectivity index (χ3n) is 3.36. The van der Waals surface area contributed by atoms with Crippen molar-refractivity contribution in [3.05, 3.63) is 63.2 Å². The highest BCUT2D eigenvalue weighted by Gasteiger charge is 2.22. The Kier molecular flexibility index (Phi) is 6.51. The standard InChI is InChI=1S/C18H16INO5/c1-11(21)25-14-8-6-12(7-9-14)17(22)20-16(18(23)24)10-13-4-2-3-5-15(13)19/h2-9,16H,10H2,1H3,(H,20,22)(H,23,24)/t16-/m1/s1. The second-order valence-corrected chi connectivity index (χ2v) is 6.44. The van der Waals surface area contributed by atoms with Crippen LogP contribution in [0.4, 0.5) is 0 Å². The number of amides is 1. The predicted octanol–water partition coefficient (Wildman–Crippen LogP) is 2.64. The van der Waals surface area contributed by atoms with Gasteiger partial charge in [0.25, 0.3) is 5.91 Å². The normalized spacial score (nSPS) is 11.4. The summed E-state index contributed by atoms with van der Waals surface area (Å²) in [6.45, 7) is 1.28. The van der Waals surface area contributed by atoms with Gasteiger partial charge in [0.1, 0.15) is 11.8 Å². The van der Waals surface area contributed by atoms with E-state index in [2.05, 4.69) is 27.9 Å². The van der Waals surface area contributed by atoms with Crippen LogP contribution in [0.25, 0.3) is 0 Å². The van der Waals surface area contributed by atoms with E-state index in [9.17, 15) is 19.5 Å². The fourth-order valence-corrected chi connectivity index (χ4v) is 2.77. The first-order valence-electron chi connectivity index (χ1n) is 7.42. The minimum absolute atomic E-state index is 0.186. The van der Waals surface area contributed by atoms with Gasteiger partial charge < -0.3 is 15.2 Å². The predicted molar refractivity (Wildman–Crippen MR) is 99.5 cm³/mol. The van der Waals surface area contributed by atoms with E-state index in [4.69, 9.17) is 4.74 Å². The fraction of sp³-hybridized carbons (Fsp3) is 0.167. The van der Waals surface area contributed by atoms with Gasteiger partial charge in [-0.2, -0.15) is 0 Å². The number of esters is 1. The van der Waals surface area contributed by atoms with Gasteiger partial charge in [0, 0.05) is 22.5 Å². The van der Waals surface area contributed by atoms with Gasteiger partial charge in [-0.05, 0) is 58.5 Å². The first-order valence-corrected chi connectivity index (χ1v) is 8.50. The second-order valence-electron chi connectivity index (χ2n) is 5.28. The number of ether oxygens (including phenoxy) is 1. The summed E-state index contributed by atoms with van der Waals surface area (Å²) in [7, 11) is 0. The number of carboxylic acid groups (broad SMARTS) is 1. The minimum atomic E-state index is -1.11. The molecule has 2 rings (SSSR count). The topological polar surface area (TPSA) is 92.7 Å². The molecule has 2 aromatic rings. The number of nitrogens with one attached hydrogen (secondary N) is 1. The Bertz CT molecular complexity index is 788. The zero-order valence-corrected chi connectivity index (χ0v) is 15.5. The fourth-order valence-electron chi connectivity index (χ4n) is 2.17. The van der Waals surface area contributed by atoms with Crippen LogP contribution in [-0.2, 0) is 16.0 Å². The summed E-state index contributed by atoms with van der Waals surface area (Å²) in [6.07, 6.45) is 0.186. The lowest BCUT2D eigenvalue weighted by Gasteiger charge is -2.15. The van der Waals surface area contributed by atoms with Gasteiger partial charge in [0.2, 0.25) is 0 Å². The van der Waals surface area contributed by atoms with Crippen LogP contribution >= 0.6 is 22.6 Å². The van der Waals surface area contributed by atoms with Crippen LogP contribution in [0.15, 0.2) is 48.5 Å². The highest BCUT2D eigenvalue weighted by molar-refractivity contribution is 14.1. The molecule has 0 bridgehead atoms. The van der Waals surface area contributed by atoms with Crippen LogP contribution in [0.1, 0.15) is 22.8 Å². The molecule has 0 radical (unpaired) electrons. The molecule has 0 aliphatic rings. The largest absolute Gasteiger partial charge is 0.480 e. The lowest BCUT2D eigenvalue weighted by Crippen LogP contribution is -2.42. The van der Waals surface area contributed by atoms with Crippen molar-refractivity contribution in [1.82, 2.24) is 5.32 Å². The monoisotopic (exact) mass is 453 g/mol. The Morgan fingerprint density at radius 2 is 1.76 bits per heavy atom. The first kappa shape index (κ1) is 18.9. The van der Waals surface area contributed by atoms with Gasteiger partial charge in [-0.3, -0.25) is 9.59 Å². The Hall–Kier alpha value is -2.42. The first-order chi connectivity index (χ1) is 11.9. The van der Waals surface area contributed by atoms with E-state index in [1.165, 1.54) is 31.2 Å². The second kappa shape index (κ2) is 8.61. The highest BCUT2D eigenvalue weighted by atomic mass is 127. The number of carboxylic acids is 1. The van der Waals surface area contributed by atoms with Crippen LogP contribution in [0.3, 0.4) is 0 Å². The number of aliphatic carboxylic acids is 1. The van der Waals surface area contributed by atoms with E-state index >= 15 is 0 Å². The average molecular weight is 453 g/mol. The van der Waals surface area contributed by atoms with Crippen LogP contribution < -0.4 is 10.1 Å². The number of carbonyl (C=O) groups is 3. The minimum Gasteiger partial charge on any atom is -0.480 e. The van der Waals surface area contributed by atoms with E-state index in [0.717, 1.165) is 9.13 Å². The average Bonchev–Trinajstić information content (AvgIpc) is 2.56. The summed E-state index contributed by atoms with van der Waals surface area (Å²) in [5, 5.41) is 11.9. The quantitative estimate of drug-likeness (QED) is 0.399. The number of hydrogen-bond donors (Lipinski definition) is 2. The zero-order valence-electron chi connectivity index (χ0n) is 13.4. The molecule has 1 atom stereocenters. The Balaban J connectivity index is 2.08. The zero-order chi connectivity index (χ0) is 18.4. The lowest BCUT2D eigenvalue weighted by atomic mass is 10.1. The van der Waals surface area contributed by atoms with E-state index in [0.29, 0.717) is 5.75 Å². The molecule has 0 aromatic heterocycles. The summed E-state index contributed by atoms with van der Waals surface area (Å²) in [4.78, 5) is 34.7. The van der Waals surface area contributed by atoms with Gasteiger partial charge in [0.05, 0.1) is 0 Å². The number of rotatable bonds is 6. The molecule has 0 saturated heterocycles. The number of hydrogen-bond acceptors (Lipinski definition) is 4. The molecule has 0 spiro atoms. The molecule has 0 heterocycles.